The predicted molar refractivity (Wildman–Crippen MR) is 221 cm³/mol. The van der Waals surface area contributed by atoms with Crippen LogP contribution in [-0.2, 0) is 16.6 Å². The number of aliphatic hydroxyl groups is 3. The minimum atomic E-state index is -1.15. The average Bonchev–Trinajstić information content (AvgIpc) is 3.93. The minimum Gasteiger partial charge on any atom is -0.872 e. The van der Waals surface area contributed by atoms with Crippen LogP contribution in [0.3, 0.4) is 0 Å². The lowest BCUT2D eigenvalue weighted by Crippen LogP contribution is -2.38. The summed E-state index contributed by atoms with van der Waals surface area (Å²) in [7, 11) is 0. The number of nitrogens with two attached hydrogens (primary N) is 1. The van der Waals surface area contributed by atoms with Crippen LogP contribution in [0.4, 0.5) is 5.82 Å². The summed E-state index contributed by atoms with van der Waals surface area (Å²) in [5.74, 6) is -1.25. The van der Waals surface area contributed by atoms with Gasteiger partial charge in [-0.1, -0.05) is 76.5 Å². The van der Waals surface area contributed by atoms with Gasteiger partial charge in [-0.25, -0.2) is 4.98 Å². The zero-order valence-electron chi connectivity index (χ0n) is 33.8. The largest absolute Gasteiger partial charge is 0.872 e. The van der Waals surface area contributed by atoms with Gasteiger partial charge in [-0.2, -0.15) is 0 Å². The number of benzene rings is 1. The third-order valence-corrected chi connectivity index (χ3v) is 14.0. The van der Waals surface area contributed by atoms with Crippen molar-refractivity contribution in [1.29, 1.82) is 0 Å². The molecule has 3 aliphatic rings. The first-order chi connectivity index (χ1) is 27.4. The van der Waals surface area contributed by atoms with Gasteiger partial charge in [-0.05, 0) is 136 Å². The van der Waals surface area contributed by atoms with Gasteiger partial charge in [0.1, 0.15) is 11.6 Å². The standard InChI is InChI=1S/C47H67N3O7/c1-2-3-5-10-31-13-14-32(43(54)23-31)11-6-4-7-12-40(45(55)56)42(53)17-21-47(57)30-36(46(19-8-9-20-46)34-18-22-49-44(48)28-34)26-35(47)27-37-15-16-41(50-37)33-24-38(51)29-39(52)25-33/h13-16,18,22,24-25,28-29,31-32,35-36,40,42-43,50-54,57H,2-12,17,19-21,23,26-27,30H2,1H3,(H2,48,49)(H,55,56)/p-1/t31-,32-,35+,36-,40+,42-,43-,47+/m1/s1. The number of hydrogen-bond donors (Lipinski definition) is 7. The van der Waals surface area contributed by atoms with Crippen LogP contribution in [0.25, 0.3) is 11.3 Å². The number of aromatic nitrogens is 2. The normalized spacial score (nSPS) is 26.8. The molecule has 0 spiro atoms. The van der Waals surface area contributed by atoms with Crippen LogP contribution in [0.1, 0.15) is 134 Å². The van der Waals surface area contributed by atoms with Crippen LogP contribution in [0.2, 0.25) is 0 Å². The number of H-pyrrole nitrogens is 1. The number of hydrogen-bond acceptors (Lipinski definition) is 8. The van der Waals surface area contributed by atoms with E-state index >= 15 is 0 Å². The highest BCUT2D eigenvalue weighted by Gasteiger charge is 2.54. The Morgan fingerprint density at radius 1 is 1.00 bits per heavy atom. The molecule has 2 saturated carbocycles. The first-order valence-electron chi connectivity index (χ1n) is 21.8. The van der Waals surface area contributed by atoms with E-state index in [-0.39, 0.29) is 53.6 Å². The molecule has 10 heteroatoms. The van der Waals surface area contributed by atoms with Crippen molar-refractivity contribution in [2.75, 3.05) is 5.73 Å². The lowest BCUT2D eigenvalue weighted by atomic mass is 9.67. The molecule has 0 unspecified atom stereocenters. The molecule has 8 N–H and O–H groups in total. The van der Waals surface area contributed by atoms with Crippen molar-refractivity contribution in [3.63, 3.8) is 0 Å². The molecule has 312 valence electrons. The number of nitrogen functional groups attached to an aromatic ring is 1. The highest BCUT2D eigenvalue weighted by Crippen LogP contribution is 2.57. The van der Waals surface area contributed by atoms with Gasteiger partial charge in [-0.3, -0.25) is 4.79 Å². The number of phenols is 1. The summed E-state index contributed by atoms with van der Waals surface area (Å²) in [5, 5.41) is 67.3. The zero-order valence-corrected chi connectivity index (χ0v) is 33.8. The minimum absolute atomic E-state index is 0.0960. The summed E-state index contributed by atoms with van der Waals surface area (Å²) in [6.45, 7) is 2.20. The molecule has 3 aromatic rings. The van der Waals surface area contributed by atoms with Gasteiger partial charge >= 0.3 is 5.97 Å². The molecule has 6 rings (SSSR count). The maximum absolute atomic E-state index is 12.7. The predicted octanol–water partition coefficient (Wildman–Crippen LogP) is 8.18. The molecule has 0 saturated heterocycles. The molecule has 1 aromatic carbocycles. The van der Waals surface area contributed by atoms with E-state index in [1.807, 2.05) is 18.2 Å². The summed E-state index contributed by atoms with van der Waals surface area (Å²) >= 11 is 0. The first-order valence-corrected chi connectivity index (χ1v) is 21.8. The molecule has 0 amide bonds. The van der Waals surface area contributed by atoms with Gasteiger partial charge in [0, 0.05) is 29.1 Å². The number of carboxylic acid groups (broad SMARTS) is 1. The van der Waals surface area contributed by atoms with Crippen LogP contribution < -0.4 is 10.8 Å². The van der Waals surface area contributed by atoms with Crippen LogP contribution in [0, 0.1) is 29.6 Å². The first kappa shape index (κ1) is 42.7. The van der Waals surface area contributed by atoms with E-state index in [9.17, 15) is 35.4 Å². The van der Waals surface area contributed by atoms with E-state index in [0.29, 0.717) is 48.7 Å². The van der Waals surface area contributed by atoms with Crippen molar-refractivity contribution < 1.29 is 35.4 Å². The maximum atomic E-state index is 12.7. The summed E-state index contributed by atoms with van der Waals surface area (Å²) in [6, 6.07) is 12.1. The smallest absolute Gasteiger partial charge is 0.309 e. The maximum Gasteiger partial charge on any atom is 0.309 e. The van der Waals surface area contributed by atoms with Gasteiger partial charge in [-0.15, -0.1) is 5.75 Å². The Morgan fingerprint density at radius 3 is 2.51 bits per heavy atom. The number of nitrogens with zero attached hydrogens (tertiary/aromatic N) is 1. The number of unbranched alkanes of at least 4 members (excludes halogenated alkanes) is 4. The molecule has 2 heterocycles. The summed E-state index contributed by atoms with van der Waals surface area (Å²) in [4.78, 5) is 20.2. The van der Waals surface area contributed by atoms with Crippen molar-refractivity contribution >= 4 is 11.8 Å². The van der Waals surface area contributed by atoms with E-state index in [1.165, 1.54) is 31.4 Å². The van der Waals surface area contributed by atoms with Crippen molar-refractivity contribution in [2.45, 2.75) is 152 Å². The Morgan fingerprint density at radius 2 is 1.79 bits per heavy atom. The number of pyridine rings is 1. The van der Waals surface area contributed by atoms with E-state index in [2.05, 4.69) is 35.1 Å². The Labute approximate surface area is 338 Å². The lowest BCUT2D eigenvalue weighted by Gasteiger charge is -2.37. The van der Waals surface area contributed by atoms with Crippen molar-refractivity contribution in [3.8, 4) is 22.8 Å². The number of carbonyl (C=O) groups is 1. The monoisotopic (exact) mass is 784 g/mol. The summed E-state index contributed by atoms with van der Waals surface area (Å²) < 4.78 is 0. The third-order valence-electron chi connectivity index (χ3n) is 14.0. The molecule has 8 atom stereocenters. The van der Waals surface area contributed by atoms with Crippen LogP contribution >= 0.6 is 0 Å². The second-order valence-electron chi connectivity index (χ2n) is 17.9. The van der Waals surface area contributed by atoms with Crippen LogP contribution in [-0.4, -0.2) is 59.3 Å². The summed E-state index contributed by atoms with van der Waals surface area (Å²) in [5.41, 5.74) is 8.23. The number of anilines is 1. The van der Waals surface area contributed by atoms with E-state index in [1.54, 1.807) is 12.3 Å². The molecular weight excluding hydrogens is 719 g/mol. The number of aliphatic carboxylic acids is 1. The SMILES string of the molecule is CCCCC[C@@H]1C=C[C@@H](CCCCC[C@H](C(=O)O)[C@H](O)CC[C@]2(O)C[C@H](C3(c4ccnc(N)c4)CCCC3)C[C@H]2Cc2ccc(-c3cc([O-])cc(O)c3)[nH]2)[C@H](O)C1. The Balaban J connectivity index is 1.10. The molecule has 2 aromatic heterocycles. The number of nitrogens with one attached hydrogen (secondary N) is 1. The molecule has 3 aliphatic carbocycles. The van der Waals surface area contributed by atoms with Crippen molar-refractivity contribution in [2.24, 2.45) is 29.6 Å². The Bertz CT molecular complexity index is 1770. The molecule has 2 fully saturated rings. The quantitative estimate of drug-likeness (QED) is 0.0437. The lowest BCUT2D eigenvalue weighted by molar-refractivity contribution is -0.268. The highest BCUT2D eigenvalue weighted by atomic mass is 16.4. The van der Waals surface area contributed by atoms with Gasteiger partial charge in [0.15, 0.2) is 0 Å². The number of aliphatic hydroxyl groups excluding tert-OH is 2. The summed E-state index contributed by atoms with van der Waals surface area (Å²) in [6.07, 6.45) is 20.5. The number of phenolic OH excluding ortho intramolecular Hbond substituents is 1. The molecule has 0 bridgehead atoms. The van der Waals surface area contributed by atoms with Gasteiger partial charge < -0.3 is 41.4 Å². The van der Waals surface area contributed by atoms with Crippen LogP contribution in [0.15, 0.2) is 60.8 Å². The fraction of sp³-hybridized carbons (Fsp3) is 0.617. The molecule has 0 aliphatic heterocycles. The Hall–Kier alpha value is -3.86. The van der Waals surface area contributed by atoms with Crippen molar-refractivity contribution in [3.05, 3.63) is 72.1 Å². The second kappa shape index (κ2) is 19.3. The molecular formula is C47H66N3O7-. The van der Waals surface area contributed by atoms with Crippen LogP contribution in [0.5, 0.6) is 11.5 Å². The fourth-order valence-corrected chi connectivity index (χ4v) is 10.8. The van der Waals surface area contributed by atoms with Gasteiger partial charge in [0.05, 0.1) is 23.7 Å². The topological polar surface area (TPSA) is 196 Å². The second-order valence-corrected chi connectivity index (χ2v) is 17.9. The molecule has 10 nitrogen and oxygen atoms in total. The number of carboxylic acids is 1. The van der Waals surface area contributed by atoms with E-state index in [4.69, 9.17) is 5.73 Å². The zero-order chi connectivity index (χ0) is 40.6. The van der Waals surface area contributed by atoms with Crippen molar-refractivity contribution in [1.82, 2.24) is 9.97 Å². The number of aromatic hydroxyl groups is 1. The third kappa shape index (κ3) is 10.6. The number of rotatable bonds is 20. The molecule has 57 heavy (non-hydrogen) atoms. The number of aromatic amines is 1. The highest BCUT2D eigenvalue weighted by molar-refractivity contribution is 5.70. The molecule has 0 radical (unpaired) electrons. The van der Waals surface area contributed by atoms with Gasteiger partial charge in [0.2, 0.25) is 0 Å². The average molecular weight is 785 g/mol. The fourth-order valence-electron chi connectivity index (χ4n) is 10.8. The van der Waals surface area contributed by atoms with Gasteiger partial charge in [0.25, 0.3) is 0 Å². The van der Waals surface area contributed by atoms with E-state index in [0.717, 1.165) is 75.5 Å². The number of allylic oxidation sites excluding steroid dienone is 1. The Kier molecular flexibility index (Phi) is 14.4. The van der Waals surface area contributed by atoms with E-state index < -0.39 is 23.6 Å².